The first-order valence-corrected chi connectivity index (χ1v) is 8.59. The molecule has 0 aliphatic rings. The van der Waals surface area contributed by atoms with Gasteiger partial charge in [-0.3, -0.25) is 9.79 Å². The van der Waals surface area contributed by atoms with Gasteiger partial charge in [-0.2, -0.15) is 0 Å². The van der Waals surface area contributed by atoms with Crippen molar-refractivity contribution in [1.29, 1.82) is 0 Å². The maximum absolute atomic E-state index is 10.8. The molecule has 0 saturated carbocycles. The van der Waals surface area contributed by atoms with Crippen LogP contribution in [-0.4, -0.2) is 22.9 Å². The van der Waals surface area contributed by atoms with Crippen LogP contribution in [-0.2, 0) is 4.57 Å². The zero-order valence-electron chi connectivity index (χ0n) is 12.2. The van der Waals surface area contributed by atoms with Gasteiger partial charge in [0.05, 0.1) is 0 Å². The number of rotatable bonds is 9. The Morgan fingerprint density at radius 3 is 1.95 bits per heavy atom. The van der Waals surface area contributed by atoms with Crippen LogP contribution in [0, 0.1) is 0 Å². The lowest BCUT2D eigenvalue weighted by Crippen LogP contribution is -2.25. The summed E-state index contributed by atoms with van der Waals surface area (Å²) in [5.74, 6) is 0.188. The molecular weight excluding hydrogens is 277 g/mol. The summed E-state index contributed by atoms with van der Waals surface area (Å²) < 4.78 is 15.3. The molecule has 1 aromatic carbocycles. The average molecular weight is 301 g/mol. The Morgan fingerprint density at radius 2 is 1.55 bits per heavy atom. The molecular formula is C14H24NO4P. The van der Waals surface area contributed by atoms with Crippen LogP contribution >= 0.6 is 7.82 Å². The summed E-state index contributed by atoms with van der Waals surface area (Å²) in [6, 6.07) is 6.88. The van der Waals surface area contributed by atoms with E-state index in [1.54, 1.807) is 12.1 Å². The van der Waals surface area contributed by atoms with Crippen molar-refractivity contribution in [1.82, 2.24) is 0 Å². The van der Waals surface area contributed by atoms with Crippen molar-refractivity contribution < 1.29 is 18.9 Å². The van der Waals surface area contributed by atoms with E-state index in [2.05, 4.69) is 23.3 Å². The Balaban J connectivity index is 2.73. The SMILES string of the molecule is CCCCN(CCCC)c1ccc(OP(=O)(O)O)cc1. The molecule has 0 unspecified atom stereocenters. The van der Waals surface area contributed by atoms with Crippen LogP contribution in [0.3, 0.4) is 0 Å². The summed E-state index contributed by atoms with van der Waals surface area (Å²) in [5, 5.41) is 0. The van der Waals surface area contributed by atoms with Crippen molar-refractivity contribution in [2.75, 3.05) is 18.0 Å². The topological polar surface area (TPSA) is 70.0 Å². The van der Waals surface area contributed by atoms with E-state index in [-0.39, 0.29) is 5.75 Å². The van der Waals surface area contributed by atoms with Crippen molar-refractivity contribution >= 4 is 13.5 Å². The van der Waals surface area contributed by atoms with Gasteiger partial charge in [0, 0.05) is 18.8 Å². The molecule has 5 nitrogen and oxygen atoms in total. The third-order valence-corrected chi connectivity index (χ3v) is 3.44. The fraction of sp³-hybridized carbons (Fsp3) is 0.571. The minimum absolute atomic E-state index is 0.188. The zero-order valence-corrected chi connectivity index (χ0v) is 13.1. The quantitative estimate of drug-likeness (QED) is 0.682. The lowest BCUT2D eigenvalue weighted by molar-refractivity contribution is 0.283. The van der Waals surface area contributed by atoms with E-state index in [4.69, 9.17) is 9.79 Å². The number of nitrogens with zero attached hydrogens (tertiary/aromatic N) is 1. The largest absolute Gasteiger partial charge is 0.524 e. The standard InChI is InChI=1S/C14H24NO4P/c1-3-5-11-15(12-6-4-2)13-7-9-14(10-8-13)19-20(16,17)18/h7-10H,3-6,11-12H2,1-2H3,(H2,16,17,18). The van der Waals surface area contributed by atoms with Gasteiger partial charge in [-0.15, -0.1) is 0 Å². The first kappa shape index (κ1) is 17.0. The number of benzene rings is 1. The second-order valence-electron chi connectivity index (χ2n) is 4.77. The molecule has 1 aromatic rings. The van der Waals surface area contributed by atoms with Crippen LogP contribution in [0.2, 0.25) is 0 Å². The van der Waals surface area contributed by atoms with E-state index in [9.17, 15) is 4.57 Å². The van der Waals surface area contributed by atoms with Crippen molar-refractivity contribution in [3.63, 3.8) is 0 Å². The number of hydrogen-bond acceptors (Lipinski definition) is 3. The first-order chi connectivity index (χ1) is 9.46. The van der Waals surface area contributed by atoms with Crippen LogP contribution in [0.1, 0.15) is 39.5 Å². The molecule has 0 fully saturated rings. The molecule has 1 rings (SSSR count). The summed E-state index contributed by atoms with van der Waals surface area (Å²) in [6.45, 7) is 6.31. The van der Waals surface area contributed by atoms with E-state index in [1.165, 1.54) is 0 Å². The Kier molecular flexibility index (Phi) is 7.06. The highest BCUT2D eigenvalue weighted by Crippen LogP contribution is 2.37. The maximum atomic E-state index is 10.8. The smallest absolute Gasteiger partial charge is 0.404 e. The lowest BCUT2D eigenvalue weighted by Gasteiger charge is -2.24. The minimum atomic E-state index is -4.48. The van der Waals surface area contributed by atoms with E-state index < -0.39 is 7.82 Å². The van der Waals surface area contributed by atoms with E-state index in [1.807, 2.05) is 12.1 Å². The summed E-state index contributed by atoms with van der Waals surface area (Å²) in [5.41, 5.74) is 1.06. The Morgan fingerprint density at radius 1 is 1.05 bits per heavy atom. The molecule has 0 aromatic heterocycles. The second-order valence-corrected chi connectivity index (χ2v) is 5.93. The molecule has 0 aliphatic heterocycles. The van der Waals surface area contributed by atoms with Gasteiger partial charge in [0.1, 0.15) is 5.75 Å². The molecule has 0 heterocycles. The molecule has 0 radical (unpaired) electrons. The highest BCUT2D eigenvalue weighted by Gasteiger charge is 2.15. The van der Waals surface area contributed by atoms with E-state index >= 15 is 0 Å². The number of anilines is 1. The average Bonchev–Trinajstić information content (AvgIpc) is 2.38. The number of phosphoric ester groups is 1. The van der Waals surface area contributed by atoms with Gasteiger partial charge in [-0.25, -0.2) is 4.57 Å². The highest BCUT2D eigenvalue weighted by atomic mass is 31.2. The fourth-order valence-corrected chi connectivity index (χ4v) is 2.32. The monoisotopic (exact) mass is 301 g/mol. The van der Waals surface area contributed by atoms with E-state index in [0.29, 0.717) is 0 Å². The summed E-state index contributed by atoms with van der Waals surface area (Å²) >= 11 is 0. The van der Waals surface area contributed by atoms with Gasteiger partial charge >= 0.3 is 7.82 Å². The molecule has 0 amide bonds. The van der Waals surface area contributed by atoms with Gasteiger partial charge < -0.3 is 9.42 Å². The van der Waals surface area contributed by atoms with Crippen LogP contribution in [0.15, 0.2) is 24.3 Å². The second kappa shape index (κ2) is 8.30. The van der Waals surface area contributed by atoms with Gasteiger partial charge in [0.2, 0.25) is 0 Å². The van der Waals surface area contributed by atoms with Crippen molar-refractivity contribution in [2.24, 2.45) is 0 Å². The third-order valence-electron chi connectivity index (χ3n) is 2.99. The van der Waals surface area contributed by atoms with Crippen LogP contribution in [0.25, 0.3) is 0 Å². The predicted molar refractivity (Wildman–Crippen MR) is 81.1 cm³/mol. The summed E-state index contributed by atoms with van der Waals surface area (Å²) in [6.07, 6.45) is 4.54. The van der Waals surface area contributed by atoms with Gasteiger partial charge in [-0.1, -0.05) is 26.7 Å². The normalized spacial score (nSPS) is 11.4. The predicted octanol–water partition coefficient (Wildman–Crippen LogP) is 3.56. The first-order valence-electron chi connectivity index (χ1n) is 7.06. The van der Waals surface area contributed by atoms with Crippen LogP contribution < -0.4 is 9.42 Å². The molecule has 114 valence electrons. The van der Waals surface area contributed by atoms with Gasteiger partial charge in [-0.05, 0) is 37.1 Å². The zero-order chi connectivity index (χ0) is 15.0. The molecule has 0 spiro atoms. The number of unbranched alkanes of at least 4 members (excludes halogenated alkanes) is 2. The third kappa shape index (κ3) is 6.42. The molecule has 0 saturated heterocycles. The molecule has 2 N–H and O–H groups in total. The summed E-state index contributed by atoms with van der Waals surface area (Å²) in [7, 11) is -4.48. The Hall–Kier alpha value is -1.03. The van der Waals surface area contributed by atoms with Gasteiger partial charge in [0.25, 0.3) is 0 Å². The molecule has 6 heteroatoms. The highest BCUT2D eigenvalue weighted by molar-refractivity contribution is 7.46. The number of hydrogen-bond donors (Lipinski definition) is 2. The Bertz CT molecular complexity index is 421. The lowest BCUT2D eigenvalue weighted by atomic mass is 10.2. The molecule has 0 aliphatic carbocycles. The molecule has 0 atom stereocenters. The number of phosphoric acid groups is 1. The van der Waals surface area contributed by atoms with Crippen LogP contribution in [0.4, 0.5) is 5.69 Å². The molecule has 0 bridgehead atoms. The van der Waals surface area contributed by atoms with Gasteiger partial charge in [0.15, 0.2) is 0 Å². The Labute approximate surface area is 120 Å². The fourth-order valence-electron chi connectivity index (χ4n) is 1.92. The van der Waals surface area contributed by atoms with Crippen molar-refractivity contribution in [3.05, 3.63) is 24.3 Å². The maximum Gasteiger partial charge on any atom is 0.524 e. The summed E-state index contributed by atoms with van der Waals surface area (Å²) in [4.78, 5) is 19.8. The van der Waals surface area contributed by atoms with Crippen molar-refractivity contribution in [2.45, 2.75) is 39.5 Å². The van der Waals surface area contributed by atoms with E-state index in [0.717, 1.165) is 44.5 Å². The van der Waals surface area contributed by atoms with Crippen LogP contribution in [0.5, 0.6) is 5.75 Å². The van der Waals surface area contributed by atoms with Crippen molar-refractivity contribution in [3.8, 4) is 5.75 Å². The molecule has 20 heavy (non-hydrogen) atoms. The minimum Gasteiger partial charge on any atom is -0.404 e.